The smallest absolute Gasteiger partial charge is 0.306 e. The Kier molecular flexibility index (Phi) is 19.9. The van der Waals surface area contributed by atoms with Crippen LogP contribution in [0.25, 0.3) is 0 Å². The number of hydrogen-bond acceptors (Lipinski definition) is 3. The molecular formula is C30H52O3. The fourth-order valence-corrected chi connectivity index (χ4v) is 4.13. The van der Waals surface area contributed by atoms with Crippen LogP contribution >= 0.6 is 0 Å². The Morgan fingerprint density at radius 3 is 1.52 bits per heavy atom. The molecule has 1 aromatic carbocycles. The number of unbranched alkanes of at least 4 members (excludes halogenated alkanes) is 16. The number of ether oxygens (including phenoxy) is 2. The van der Waals surface area contributed by atoms with Gasteiger partial charge in [0.2, 0.25) is 0 Å². The Bertz CT molecular complexity index is 552. The molecule has 0 radical (unpaired) electrons. The monoisotopic (exact) mass is 460 g/mol. The normalized spacial score (nSPS) is 11.0. The van der Waals surface area contributed by atoms with Crippen LogP contribution in [0.4, 0.5) is 0 Å². The van der Waals surface area contributed by atoms with Crippen molar-refractivity contribution < 1.29 is 14.3 Å². The topological polar surface area (TPSA) is 35.5 Å². The molecule has 3 nitrogen and oxygen atoms in total. The lowest BCUT2D eigenvalue weighted by atomic mass is 10.0. The molecule has 0 amide bonds. The van der Waals surface area contributed by atoms with Gasteiger partial charge in [0.25, 0.3) is 0 Å². The number of carbonyl (C=O) groups excluding carboxylic acids is 1. The maximum atomic E-state index is 11.9. The molecule has 0 aliphatic rings. The molecule has 0 N–H and O–H groups in total. The molecule has 0 saturated heterocycles. The van der Waals surface area contributed by atoms with Crippen LogP contribution < -0.4 is 4.74 Å². The van der Waals surface area contributed by atoms with Crippen LogP contribution in [-0.2, 0) is 16.1 Å². The van der Waals surface area contributed by atoms with Crippen molar-refractivity contribution in [1.29, 1.82) is 0 Å². The molecule has 0 unspecified atom stereocenters. The molecule has 0 spiro atoms. The number of esters is 1. The fourth-order valence-electron chi connectivity index (χ4n) is 4.13. The van der Waals surface area contributed by atoms with Gasteiger partial charge in [-0.1, -0.05) is 129 Å². The van der Waals surface area contributed by atoms with E-state index in [1.165, 1.54) is 96.3 Å². The van der Waals surface area contributed by atoms with Gasteiger partial charge in [-0.05, 0) is 30.5 Å². The van der Waals surface area contributed by atoms with E-state index in [0.717, 1.165) is 37.2 Å². The summed E-state index contributed by atoms with van der Waals surface area (Å²) < 4.78 is 11.0. The second kappa shape index (κ2) is 22.3. The lowest BCUT2D eigenvalue weighted by Crippen LogP contribution is -2.04. The molecule has 0 atom stereocenters. The summed E-state index contributed by atoms with van der Waals surface area (Å²) in [6.45, 7) is 5.46. The predicted octanol–water partition coefficient (Wildman–Crippen LogP) is 9.56. The van der Waals surface area contributed by atoms with Crippen LogP contribution in [0.2, 0.25) is 0 Å². The number of rotatable bonds is 23. The lowest BCUT2D eigenvalue weighted by molar-refractivity contribution is -0.145. The molecular weight excluding hydrogens is 408 g/mol. The first kappa shape index (κ1) is 29.5. The van der Waals surface area contributed by atoms with E-state index in [0.29, 0.717) is 13.0 Å². The summed E-state index contributed by atoms with van der Waals surface area (Å²) in [5, 5.41) is 0. The van der Waals surface area contributed by atoms with Crippen molar-refractivity contribution in [3.8, 4) is 5.75 Å². The molecule has 33 heavy (non-hydrogen) atoms. The van der Waals surface area contributed by atoms with Gasteiger partial charge in [0, 0.05) is 6.42 Å². The van der Waals surface area contributed by atoms with Crippen molar-refractivity contribution in [2.75, 3.05) is 6.61 Å². The molecule has 0 fully saturated rings. The van der Waals surface area contributed by atoms with E-state index in [9.17, 15) is 4.79 Å². The van der Waals surface area contributed by atoms with E-state index in [2.05, 4.69) is 13.8 Å². The van der Waals surface area contributed by atoms with Crippen molar-refractivity contribution in [3.05, 3.63) is 29.8 Å². The summed E-state index contributed by atoms with van der Waals surface area (Å²) >= 11 is 0. The first-order valence-electron chi connectivity index (χ1n) is 14.1. The highest BCUT2D eigenvalue weighted by atomic mass is 16.5. The molecule has 0 aliphatic carbocycles. The standard InChI is InChI=1S/C30H52O3/c1-3-5-6-7-8-9-10-11-12-13-14-15-16-17-18-19-20-21-30(31)33-27-28-22-24-29(25-23-28)32-26-4-2/h22-25H,3-21,26-27H2,1-2H3. The zero-order valence-electron chi connectivity index (χ0n) is 21.9. The molecule has 190 valence electrons. The van der Waals surface area contributed by atoms with Crippen molar-refractivity contribution in [2.45, 2.75) is 142 Å². The Morgan fingerprint density at radius 2 is 1.06 bits per heavy atom. The Morgan fingerprint density at radius 1 is 0.606 bits per heavy atom. The predicted molar refractivity (Wildman–Crippen MR) is 141 cm³/mol. The summed E-state index contributed by atoms with van der Waals surface area (Å²) in [6, 6.07) is 7.81. The van der Waals surface area contributed by atoms with Gasteiger partial charge in [-0.25, -0.2) is 0 Å². The zero-order valence-corrected chi connectivity index (χ0v) is 21.9. The molecule has 0 bridgehead atoms. The van der Waals surface area contributed by atoms with E-state index in [1.807, 2.05) is 24.3 Å². The lowest BCUT2D eigenvalue weighted by Gasteiger charge is -2.07. The van der Waals surface area contributed by atoms with Gasteiger partial charge in [0.05, 0.1) is 6.61 Å². The zero-order chi connectivity index (χ0) is 23.8. The molecule has 1 aromatic rings. The minimum absolute atomic E-state index is 0.0812. The van der Waals surface area contributed by atoms with Crippen LogP contribution in [0.3, 0.4) is 0 Å². The number of carbonyl (C=O) groups is 1. The van der Waals surface area contributed by atoms with E-state index in [1.54, 1.807) is 0 Å². The summed E-state index contributed by atoms with van der Waals surface area (Å²) in [4.78, 5) is 11.9. The molecule has 0 saturated carbocycles. The van der Waals surface area contributed by atoms with Crippen LogP contribution in [0, 0.1) is 0 Å². The average molecular weight is 461 g/mol. The van der Waals surface area contributed by atoms with E-state index in [4.69, 9.17) is 9.47 Å². The minimum Gasteiger partial charge on any atom is -0.494 e. The van der Waals surface area contributed by atoms with Gasteiger partial charge >= 0.3 is 5.97 Å². The Balaban J connectivity index is 1.83. The summed E-state index contributed by atoms with van der Waals surface area (Å²) in [7, 11) is 0. The van der Waals surface area contributed by atoms with Crippen molar-refractivity contribution in [3.63, 3.8) is 0 Å². The molecule has 3 heteroatoms. The van der Waals surface area contributed by atoms with E-state index < -0.39 is 0 Å². The highest BCUT2D eigenvalue weighted by Gasteiger charge is 2.04. The molecule has 0 aliphatic heterocycles. The van der Waals surface area contributed by atoms with Crippen LogP contribution in [0.5, 0.6) is 5.75 Å². The first-order valence-corrected chi connectivity index (χ1v) is 14.1. The third-order valence-electron chi connectivity index (χ3n) is 6.28. The van der Waals surface area contributed by atoms with Gasteiger partial charge < -0.3 is 9.47 Å². The largest absolute Gasteiger partial charge is 0.494 e. The van der Waals surface area contributed by atoms with Gasteiger partial charge in [-0.3, -0.25) is 4.79 Å². The van der Waals surface area contributed by atoms with Crippen LogP contribution in [0.1, 0.15) is 141 Å². The van der Waals surface area contributed by atoms with E-state index in [-0.39, 0.29) is 5.97 Å². The molecule has 0 aromatic heterocycles. The van der Waals surface area contributed by atoms with Gasteiger partial charge in [-0.15, -0.1) is 0 Å². The molecule has 0 heterocycles. The first-order chi connectivity index (χ1) is 16.3. The summed E-state index contributed by atoms with van der Waals surface area (Å²) in [5.41, 5.74) is 1.01. The summed E-state index contributed by atoms with van der Waals surface area (Å²) in [6.07, 6.45) is 24.5. The quantitative estimate of drug-likeness (QED) is 0.120. The Hall–Kier alpha value is -1.51. The van der Waals surface area contributed by atoms with Crippen molar-refractivity contribution in [1.82, 2.24) is 0 Å². The average Bonchev–Trinajstić information content (AvgIpc) is 2.84. The second-order valence-electron chi connectivity index (χ2n) is 9.56. The minimum atomic E-state index is -0.0812. The van der Waals surface area contributed by atoms with Gasteiger partial charge in [0.15, 0.2) is 0 Å². The summed E-state index contributed by atoms with van der Waals surface area (Å²) in [5.74, 6) is 0.790. The van der Waals surface area contributed by atoms with Crippen molar-refractivity contribution in [2.24, 2.45) is 0 Å². The maximum absolute atomic E-state index is 11.9. The number of benzene rings is 1. The Labute approximate surface area is 205 Å². The van der Waals surface area contributed by atoms with E-state index >= 15 is 0 Å². The SMILES string of the molecule is CCCCCCCCCCCCCCCCCCCC(=O)OCc1ccc(OCCC)cc1. The van der Waals surface area contributed by atoms with Crippen LogP contribution in [0.15, 0.2) is 24.3 Å². The highest BCUT2D eigenvalue weighted by Crippen LogP contribution is 2.15. The third kappa shape index (κ3) is 18.6. The second-order valence-corrected chi connectivity index (χ2v) is 9.56. The maximum Gasteiger partial charge on any atom is 0.306 e. The van der Waals surface area contributed by atoms with Crippen LogP contribution in [-0.4, -0.2) is 12.6 Å². The van der Waals surface area contributed by atoms with Gasteiger partial charge in [-0.2, -0.15) is 0 Å². The highest BCUT2D eigenvalue weighted by molar-refractivity contribution is 5.69. The molecule has 1 rings (SSSR count). The third-order valence-corrected chi connectivity index (χ3v) is 6.28. The number of hydrogen-bond donors (Lipinski definition) is 0. The fraction of sp³-hybridized carbons (Fsp3) is 0.767. The van der Waals surface area contributed by atoms with Gasteiger partial charge in [0.1, 0.15) is 12.4 Å². The van der Waals surface area contributed by atoms with Crippen molar-refractivity contribution >= 4 is 5.97 Å².